The average molecular weight is 244 g/mol. The SMILES string of the molecule is CCCCCC(C)NC(=O)CN[C@H](C)C(=O)O. The number of carbonyl (C=O) groups excluding carboxylic acids is 1. The van der Waals surface area contributed by atoms with Crippen LogP contribution in [0.1, 0.15) is 46.5 Å². The summed E-state index contributed by atoms with van der Waals surface area (Å²) in [6.07, 6.45) is 4.41. The third-order valence-electron chi connectivity index (χ3n) is 2.59. The van der Waals surface area contributed by atoms with Crippen LogP contribution in [0.5, 0.6) is 0 Å². The molecule has 0 aliphatic rings. The summed E-state index contributed by atoms with van der Waals surface area (Å²) < 4.78 is 0. The van der Waals surface area contributed by atoms with Crippen LogP contribution in [-0.4, -0.2) is 35.6 Å². The van der Waals surface area contributed by atoms with E-state index in [9.17, 15) is 9.59 Å². The molecule has 5 heteroatoms. The lowest BCUT2D eigenvalue weighted by Crippen LogP contribution is -2.43. The van der Waals surface area contributed by atoms with Gasteiger partial charge in [0, 0.05) is 6.04 Å². The van der Waals surface area contributed by atoms with E-state index in [1.807, 2.05) is 6.92 Å². The normalized spacial score (nSPS) is 14.1. The van der Waals surface area contributed by atoms with Crippen molar-refractivity contribution in [3.8, 4) is 0 Å². The predicted octanol–water partition coefficient (Wildman–Crippen LogP) is 1.13. The minimum atomic E-state index is -0.950. The molecule has 0 saturated carbocycles. The molecule has 2 atom stereocenters. The van der Waals surface area contributed by atoms with Gasteiger partial charge in [-0.05, 0) is 20.3 Å². The lowest BCUT2D eigenvalue weighted by Gasteiger charge is -2.15. The molecule has 1 unspecified atom stereocenters. The number of carboxylic acid groups (broad SMARTS) is 1. The number of amides is 1. The van der Waals surface area contributed by atoms with Gasteiger partial charge in [0.2, 0.25) is 5.91 Å². The summed E-state index contributed by atoms with van der Waals surface area (Å²) >= 11 is 0. The molecule has 0 aromatic heterocycles. The molecular weight excluding hydrogens is 220 g/mol. The fourth-order valence-corrected chi connectivity index (χ4v) is 1.43. The van der Waals surface area contributed by atoms with Gasteiger partial charge >= 0.3 is 5.97 Å². The molecule has 0 aliphatic carbocycles. The van der Waals surface area contributed by atoms with Crippen LogP contribution in [0.4, 0.5) is 0 Å². The Bertz CT molecular complexity index is 244. The van der Waals surface area contributed by atoms with Gasteiger partial charge in [-0.25, -0.2) is 0 Å². The molecule has 0 spiro atoms. The molecule has 0 heterocycles. The number of unbranched alkanes of at least 4 members (excludes halogenated alkanes) is 2. The van der Waals surface area contributed by atoms with Crippen LogP contribution < -0.4 is 10.6 Å². The Labute approximate surface area is 103 Å². The molecule has 17 heavy (non-hydrogen) atoms. The molecule has 0 aliphatic heterocycles. The molecule has 100 valence electrons. The molecule has 0 bridgehead atoms. The molecule has 0 aromatic rings. The van der Waals surface area contributed by atoms with Crippen molar-refractivity contribution < 1.29 is 14.7 Å². The van der Waals surface area contributed by atoms with Crippen molar-refractivity contribution >= 4 is 11.9 Å². The van der Waals surface area contributed by atoms with Gasteiger partial charge in [-0.2, -0.15) is 0 Å². The topological polar surface area (TPSA) is 78.4 Å². The van der Waals surface area contributed by atoms with Crippen molar-refractivity contribution in [2.75, 3.05) is 6.54 Å². The molecule has 0 rings (SSSR count). The van der Waals surface area contributed by atoms with E-state index in [1.165, 1.54) is 19.8 Å². The van der Waals surface area contributed by atoms with Gasteiger partial charge in [-0.1, -0.05) is 26.2 Å². The van der Waals surface area contributed by atoms with Crippen LogP contribution in [0, 0.1) is 0 Å². The van der Waals surface area contributed by atoms with E-state index in [4.69, 9.17) is 5.11 Å². The second-order valence-corrected chi connectivity index (χ2v) is 4.41. The minimum Gasteiger partial charge on any atom is -0.480 e. The van der Waals surface area contributed by atoms with Gasteiger partial charge in [0.15, 0.2) is 0 Å². The Morgan fingerprint density at radius 1 is 1.24 bits per heavy atom. The molecule has 5 nitrogen and oxygen atoms in total. The summed E-state index contributed by atoms with van der Waals surface area (Å²) in [6, 6.07) is -0.549. The number of carbonyl (C=O) groups is 2. The van der Waals surface area contributed by atoms with E-state index in [0.29, 0.717) is 0 Å². The summed E-state index contributed by atoms with van der Waals surface area (Å²) in [5.41, 5.74) is 0. The summed E-state index contributed by atoms with van der Waals surface area (Å²) in [4.78, 5) is 22.0. The van der Waals surface area contributed by atoms with Crippen LogP contribution in [0.15, 0.2) is 0 Å². The van der Waals surface area contributed by atoms with Crippen LogP contribution in [0.2, 0.25) is 0 Å². The van der Waals surface area contributed by atoms with E-state index in [1.54, 1.807) is 0 Å². The highest BCUT2D eigenvalue weighted by atomic mass is 16.4. The summed E-state index contributed by atoms with van der Waals surface area (Å²) in [5, 5.41) is 14.1. The fourth-order valence-electron chi connectivity index (χ4n) is 1.43. The third-order valence-corrected chi connectivity index (χ3v) is 2.59. The number of hydrogen-bond acceptors (Lipinski definition) is 3. The van der Waals surface area contributed by atoms with E-state index in [2.05, 4.69) is 17.6 Å². The smallest absolute Gasteiger partial charge is 0.320 e. The predicted molar refractivity (Wildman–Crippen MR) is 66.8 cm³/mol. The van der Waals surface area contributed by atoms with Crippen molar-refractivity contribution in [2.45, 2.75) is 58.5 Å². The molecule has 0 saturated heterocycles. The molecule has 0 aromatic carbocycles. The number of nitrogens with one attached hydrogen (secondary N) is 2. The lowest BCUT2D eigenvalue weighted by atomic mass is 10.1. The van der Waals surface area contributed by atoms with E-state index >= 15 is 0 Å². The quantitative estimate of drug-likeness (QED) is 0.531. The van der Waals surface area contributed by atoms with Crippen LogP contribution >= 0.6 is 0 Å². The maximum Gasteiger partial charge on any atom is 0.320 e. The summed E-state index contributed by atoms with van der Waals surface area (Å²) in [7, 11) is 0. The highest BCUT2D eigenvalue weighted by Crippen LogP contribution is 2.02. The fraction of sp³-hybridized carbons (Fsp3) is 0.833. The van der Waals surface area contributed by atoms with Crippen molar-refractivity contribution in [1.29, 1.82) is 0 Å². The second-order valence-electron chi connectivity index (χ2n) is 4.41. The highest BCUT2D eigenvalue weighted by Gasteiger charge is 2.12. The van der Waals surface area contributed by atoms with Gasteiger partial charge in [0.1, 0.15) is 6.04 Å². The average Bonchev–Trinajstić information content (AvgIpc) is 2.26. The maximum absolute atomic E-state index is 11.4. The van der Waals surface area contributed by atoms with Crippen molar-refractivity contribution in [2.24, 2.45) is 0 Å². The first-order chi connectivity index (χ1) is 7.97. The number of rotatable bonds is 9. The molecule has 0 fully saturated rings. The lowest BCUT2D eigenvalue weighted by molar-refractivity contribution is -0.139. The zero-order chi connectivity index (χ0) is 13.3. The highest BCUT2D eigenvalue weighted by molar-refractivity contribution is 5.79. The Kier molecular flexibility index (Phi) is 8.40. The van der Waals surface area contributed by atoms with Gasteiger partial charge in [0.25, 0.3) is 0 Å². The molecule has 0 radical (unpaired) electrons. The summed E-state index contributed by atoms with van der Waals surface area (Å²) in [5.74, 6) is -1.10. The van der Waals surface area contributed by atoms with Crippen LogP contribution in [-0.2, 0) is 9.59 Å². The largest absolute Gasteiger partial charge is 0.480 e. The number of carboxylic acids is 1. The third kappa shape index (κ3) is 8.68. The van der Waals surface area contributed by atoms with E-state index < -0.39 is 12.0 Å². The summed E-state index contributed by atoms with van der Waals surface area (Å²) in [6.45, 7) is 5.67. The maximum atomic E-state index is 11.4. The standard InChI is InChI=1S/C12H24N2O3/c1-4-5-6-7-9(2)14-11(15)8-13-10(3)12(16)17/h9-10,13H,4-8H2,1-3H3,(H,14,15)(H,16,17)/t9?,10-/m1/s1. The first-order valence-corrected chi connectivity index (χ1v) is 6.23. The number of aliphatic carboxylic acids is 1. The number of hydrogen-bond donors (Lipinski definition) is 3. The van der Waals surface area contributed by atoms with Crippen molar-refractivity contribution in [3.63, 3.8) is 0 Å². The first kappa shape index (κ1) is 15.9. The Balaban J connectivity index is 3.67. The van der Waals surface area contributed by atoms with Gasteiger partial charge in [-0.3, -0.25) is 14.9 Å². The molecule has 1 amide bonds. The van der Waals surface area contributed by atoms with Crippen molar-refractivity contribution in [1.82, 2.24) is 10.6 Å². The Morgan fingerprint density at radius 3 is 2.41 bits per heavy atom. The monoisotopic (exact) mass is 244 g/mol. The van der Waals surface area contributed by atoms with Crippen molar-refractivity contribution in [3.05, 3.63) is 0 Å². The van der Waals surface area contributed by atoms with E-state index in [0.717, 1.165) is 12.8 Å². The van der Waals surface area contributed by atoms with Gasteiger partial charge in [-0.15, -0.1) is 0 Å². The Hall–Kier alpha value is -1.10. The Morgan fingerprint density at radius 2 is 1.88 bits per heavy atom. The first-order valence-electron chi connectivity index (χ1n) is 6.23. The second kappa shape index (κ2) is 8.98. The van der Waals surface area contributed by atoms with Gasteiger partial charge in [0.05, 0.1) is 6.54 Å². The zero-order valence-electron chi connectivity index (χ0n) is 11.0. The van der Waals surface area contributed by atoms with Crippen LogP contribution in [0.25, 0.3) is 0 Å². The van der Waals surface area contributed by atoms with Crippen LogP contribution in [0.3, 0.4) is 0 Å². The minimum absolute atomic E-state index is 0.0472. The molecular formula is C12H24N2O3. The molecule has 3 N–H and O–H groups in total. The van der Waals surface area contributed by atoms with E-state index in [-0.39, 0.29) is 18.5 Å². The zero-order valence-corrected chi connectivity index (χ0v) is 11.0. The van der Waals surface area contributed by atoms with Gasteiger partial charge < -0.3 is 10.4 Å².